The fourth-order valence-corrected chi connectivity index (χ4v) is 3.66. The van der Waals surface area contributed by atoms with Gasteiger partial charge in [-0.2, -0.15) is 0 Å². The number of aromatic nitrogens is 1. The van der Waals surface area contributed by atoms with Gasteiger partial charge in [0.25, 0.3) is 0 Å². The Morgan fingerprint density at radius 1 is 1.19 bits per heavy atom. The van der Waals surface area contributed by atoms with Crippen LogP contribution in [-0.4, -0.2) is 37.2 Å². The zero-order valence-electron chi connectivity index (χ0n) is 14.8. The first-order valence-corrected chi connectivity index (χ1v) is 9.34. The number of hydrogen-bond donors (Lipinski definition) is 2. The molecule has 26 heavy (non-hydrogen) atoms. The highest BCUT2D eigenvalue weighted by molar-refractivity contribution is 6.31. The number of pyridine rings is 1. The lowest BCUT2D eigenvalue weighted by atomic mass is 9.74. The predicted molar refractivity (Wildman–Crippen MR) is 106 cm³/mol. The molecule has 0 bridgehead atoms. The van der Waals surface area contributed by atoms with E-state index in [0.29, 0.717) is 32.3 Å². The van der Waals surface area contributed by atoms with E-state index in [9.17, 15) is 0 Å². The minimum Gasteiger partial charge on any atom is -0.381 e. The van der Waals surface area contributed by atoms with Gasteiger partial charge < -0.3 is 15.8 Å². The molecule has 0 amide bonds. The fourth-order valence-electron chi connectivity index (χ4n) is 3.32. The summed E-state index contributed by atoms with van der Waals surface area (Å²) in [5.41, 5.74) is 8.13. The van der Waals surface area contributed by atoms with E-state index in [1.807, 2.05) is 36.4 Å². The highest BCUT2D eigenvalue weighted by atomic mass is 35.5. The first-order valence-electron chi connectivity index (χ1n) is 8.96. The Balaban J connectivity index is 1.63. The highest BCUT2D eigenvalue weighted by Gasteiger charge is 2.35. The molecule has 2 heterocycles. The molecule has 0 aliphatic carbocycles. The number of hydrogen-bond acceptors (Lipinski definition) is 3. The molecular weight excluding hydrogens is 348 g/mol. The average molecular weight is 373 g/mol. The molecule has 3 N–H and O–H groups in total. The molecule has 1 aromatic heterocycles. The van der Waals surface area contributed by atoms with Gasteiger partial charge in [-0.05, 0) is 36.6 Å². The van der Waals surface area contributed by atoms with Crippen LogP contribution in [-0.2, 0) is 16.6 Å². The Hall–Kier alpha value is -2.11. The fraction of sp³-hybridized carbons (Fsp3) is 0.400. The number of nitrogens with one attached hydrogen (secondary N) is 1. The Morgan fingerprint density at radius 3 is 2.69 bits per heavy atom. The standard InChI is InChI=1S/C20H25ClN4O/c21-18-7-2-1-6-17(18)20(9-13-26-14-10-20)15-25-19(22)24-12-8-16-5-3-4-11-23-16/h1-7,11H,8-10,12-15H2,(H3,22,24,25). The topological polar surface area (TPSA) is 72.5 Å². The number of benzene rings is 1. The minimum absolute atomic E-state index is 0.121. The van der Waals surface area contributed by atoms with E-state index < -0.39 is 0 Å². The third kappa shape index (κ3) is 4.74. The molecule has 0 spiro atoms. The summed E-state index contributed by atoms with van der Waals surface area (Å²) in [5, 5.41) is 3.96. The van der Waals surface area contributed by atoms with Crippen LogP contribution in [0.4, 0.5) is 0 Å². The van der Waals surface area contributed by atoms with Gasteiger partial charge in [-0.3, -0.25) is 9.98 Å². The second-order valence-electron chi connectivity index (χ2n) is 6.57. The molecular formula is C20H25ClN4O. The number of rotatable bonds is 6. The van der Waals surface area contributed by atoms with Crippen molar-refractivity contribution in [3.63, 3.8) is 0 Å². The van der Waals surface area contributed by atoms with E-state index in [0.717, 1.165) is 35.5 Å². The molecule has 0 saturated carbocycles. The molecule has 1 saturated heterocycles. The smallest absolute Gasteiger partial charge is 0.188 e. The highest BCUT2D eigenvalue weighted by Crippen LogP contribution is 2.38. The Kier molecular flexibility index (Phi) is 6.47. The summed E-state index contributed by atoms with van der Waals surface area (Å²) in [6.45, 7) is 2.73. The largest absolute Gasteiger partial charge is 0.381 e. The van der Waals surface area contributed by atoms with Crippen molar-refractivity contribution in [2.75, 3.05) is 26.3 Å². The SMILES string of the molecule is NC(=NCC1(c2ccccc2Cl)CCOCC1)NCCc1ccccn1. The molecule has 2 aromatic rings. The van der Waals surface area contributed by atoms with Gasteiger partial charge >= 0.3 is 0 Å². The maximum Gasteiger partial charge on any atom is 0.188 e. The van der Waals surface area contributed by atoms with Crippen LogP contribution in [0.2, 0.25) is 5.02 Å². The minimum atomic E-state index is -0.121. The van der Waals surface area contributed by atoms with Gasteiger partial charge in [0.15, 0.2) is 5.96 Å². The summed E-state index contributed by atoms with van der Waals surface area (Å²) >= 11 is 6.47. The normalized spacial score (nSPS) is 17.0. The van der Waals surface area contributed by atoms with Crippen LogP contribution < -0.4 is 11.1 Å². The molecule has 1 aliphatic rings. The lowest BCUT2D eigenvalue weighted by molar-refractivity contribution is 0.0531. The second-order valence-corrected chi connectivity index (χ2v) is 6.98. The monoisotopic (exact) mass is 372 g/mol. The van der Waals surface area contributed by atoms with Gasteiger partial charge in [0, 0.05) is 48.5 Å². The van der Waals surface area contributed by atoms with Crippen molar-refractivity contribution in [2.45, 2.75) is 24.7 Å². The van der Waals surface area contributed by atoms with Gasteiger partial charge in [-0.1, -0.05) is 35.9 Å². The van der Waals surface area contributed by atoms with Gasteiger partial charge in [-0.25, -0.2) is 0 Å². The van der Waals surface area contributed by atoms with Crippen LogP contribution in [0.5, 0.6) is 0 Å². The van der Waals surface area contributed by atoms with Crippen molar-refractivity contribution in [1.82, 2.24) is 10.3 Å². The number of guanidine groups is 1. The second kappa shape index (κ2) is 9.01. The maximum atomic E-state index is 6.47. The Morgan fingerprint density at radius 2 is 1.96 bits per heavy atom. The summed E-state index contributed by atoms with van der Waals surface area (Å²) < 4.78 is 5.56. The Labute approximate surface area is 159 Å². The van der Waals surface area contributed by atoms with E-state index in [2.05, 4.69) is 21.4 Å². The van der Waals surface area contributed by atoms with E-state index in [1.54, 1.807) is 6.20 Å². The van der Waals surface area contributed by atoms with Crippen molar-refractivity contribution in [2.24, 2.45) is 10.7 Å². The van der Waals surface area contributed by atoms with Crippen LogP contribution in [0.1, 0.15) is 24.1 Å². The molecule has 1 fully saturated rings. The number of ether oxygens (including phenoxy) is 1. The van der Waals surface area contributed by atoms with Gasteiger partial charge in [0.1, 0.15) is 0 Å². The lowest BCUT2D eigenvalue weighted by Crippen LogP contribution is -2.39. The summed E-state index contributed by atoms with van der Waals surface area (Å²) in [5.74, 6) is 0.457. The van der Waals surface area contributed by atoms with Gasteiger partial charge in [-0.15, -0.1) is 0 Å². The van der Waals surface area contributed by atoms with E-state index in [-0.39, 0.29) is 5.41 Å². The van der Waals surface area contributed by atoms with Crippen LogP contribution in [0, 0.1) is 0 Å². The molecule has 0 unspecified atom stereocenters. The maximum absolute atomic E-state index is 6.47. The van der Waals surface area contributed by atoms with Gasteiger partial charge in [0.05, 0.1) is 6.54 Å². The van der Waals surface area contributed by atoms with Crippen LogP contribution >= 0.6 is 11.6 Å². The van der Waals surface area contributed by atoms with Crippen molar-refractivity contribution in [3.8, 4) is 0 Å². The molecule has 3 rings (SSSR count). The van der Waals surface area contributed by atoms with E-state index in [1.165, 1.54) is 0 Å². The lowest BCUT2D eigenvalue weighted by Gasteiger charge is -2.37. The van der Waals surface area contributed by atoms with E-state index in [4.69, 9.17) is 22.1 Å². The zero-order chi connectivity index (χ0) is 18.2. The first-order chi connectivity index (χ1) is 12.7. The quantitative estimate of drug-likeness (QED) is 0.604. The van der Waals surface area contributed by atoms with Crippen LogP contribution in [0.3, 0.4) is 0 Å². The van der Waals surface area contributed by atoms with Crippen molar-refractivity contribution >= 4 is 17.6 Å². The third-order valence-corrected chi connectivity index (χ3v) is 5.19. The average Bonchev–Trinajstić information content (AvgIpc) is 2.68. The zero-order valence-corrected chi connectivity index (χ0v) is 15.6. The molecule has 6 heteroatoms. The number of aliphatic imine (C=N–C) groups is 1. The van der Waals surface area contributed by atoms with Crippen molar-refractivity contribution in [1.29, 1.82) is 0 Å². The molecule has 5 nitrogen and oxygen atoms in total. The molecule has 1 aliphatic heterocycles. The molecule has 0 radical (unpaired) electrons. The van der Waals surface area contributed by atoms with Crippen molar-refractivity contribution < 1.29 is 4.74 Å². The predicted octanol–water partition coefficient (Wildman–Crippen LogP) is 2.93. The molecule has 138 valence electrons. The number of halogens is 1. The third-order valence-electron chi connectivity index (χ3n) is 4.86. The van der Waals surface area contributed by atoms with Gasteiger partial charge in [0.2, 0.25) is 0 Å². The molecule has 1 aromatic carbocycles. The van der Waals surface area contributed by atoms with Crippen molar-refractivity contribution in [3.05, 3.63) is 64.9 Å². The number of nitrogens with zero attached hydrogens (tertiary/aromatic N) is 2. The summed E-state index contributed by atoms with van der Waals surface area (Å²) in [6, 6.07) is 13.9. The van der Waals surface area contributed by atoms with Crippen LogP contribution in [0.15, 0.2) is 53.7 Å². The van der Waals surface area contributed by atoms with Crippen LogP contribution in [0.25, 0.3) is 0 Å². The Bertz CT molecular complexity index is 730. The summed E-state index contributed by atoms with van der Waals surface area (Å²) in [7, 11) is 0. The first kappa shape index (κ1) is 18.7. The summed E-state index contributed by atoms with van der Waals surface area (Å²) in [4.78, 5) is 8.92. The summed E-state index contributed by atoms with van der Waals surface area (Å²) in [6.07, 6.45) is 4.38. The number of nitrogens with two attached hydrogens (primary N) is 1. The molecule has 0 atom stereocenters. The van der Waals surface area contributed by atoms with E-state index >= 15 is 0 Å².